The highest BCUT2D eigenvalue weighted by Gasteiger charge is 2.31. The van der Waals surface area contributed by atoms with Gasteiger partial charge in [0.2, 0.25) is 5.91 Å². The van der Waals surface area contributed by atoms with Crippen LogP contribution >= 0.6 is 11.8 Å². The standard InChI is InChI=1S/C13H21NO3S/c1-17-13(16)10-5-7-14(8-6-10)12(15)11-4-2-3-9-18-11/h10-11H,2-9H2,1H3. The van der Waals surface area contributed by atoms with Crippen LogP contribution in [0.1, 0.15) is 32.1 Å². The predicted molar refractivity (Wildman–Crippen MR) is 71.4 cm³/mol. The molecule has 2 heterocycles. The van der Waals surface area contributed by atoms with Crippen LogP contribution in [0.4, 0.5) is 0 Å². The minimum Gasteiger partial charge on any atom is -0.469 e. The van der Waals surface area contributed by atoms with Crippen LogP contribution in [0.15, 0.2) is 0 Å². The number of rotatable bonds is 2. The zero-order valence-electron chi connectivity index (χ0n) is 10.9. The number of methoxy groups -OCH3 is 1. The Morgan fingerprint density at radius 3 is 2.44 bits per heavy atom. The van der Waals surface area contributed by atoms with Crippen molar-refractivity contribution in [1.82, 2.24) is 4.90 Å². The zero-order chi connectivity index (χ0) is 13.0. The largest absolute Gasteiger partial charge is 0.469 e. The van der Waals surface area contributed by atoms with Gasteiger partial charge in [0.15, 0.2) is 0 Å². The van der Waals surface area contributed by atoms with Gasteiger partial charge in [-0.3, -0.25) is 9.59 Å². The Balaban J connectivity index is 1.81. The van der Waals surface area contributed by atoms with E-state index in [0.29, 0.717) is 13.1 Å². The van der Waals surface area contributed by atoms with Crippen molar-refractivity contribution in [3.8, 4) is 0 Å². The molecule has 0 radical (unpaired) electrons. The Kier molecular flexibility index (Phi) is 4.92. The number of nitrogens with zero attached hydrogens (tertiary/aromatic N) is 1. The highest BCUT2D eigenvalue weighted by atomic mass is 32.2. The van der Waals surface area contributed by atoms with Gasteiger partial charge in [-0.2, -0.15) is 0 Å². The van der Waals surface area contributed by atoms with Crippen LogP contribution in [-0.4, -0.2) is 48.0 Å². The minimum atomic E-state index is -0.130. The van der Waals surface area contributed by atoms with Gasteiger partial charge in [-0.05, 0) is 31.4 Å². The molecule has 2 fully saturated rings. The summed E-state index contributed by atoms with van der Waals surface area (Å²) in [5.74, 6) is 1.24. The van der Waals surface area contributed by atoms with Gasteiger partial charge in [0.05, 0.1) is 18.3 Å². The number of hydrogen-bond donors (Lipinski definition) is 0. The maximum Gasteiger partial charge on any atom is 0.308 e. The Labute approximate surface area is 112 Å². The molecule has 2 saturated heterocycles. The number of esters is 1. The first-order chi connectivity index (χ1) is 8.72. The number of thioether (sulfide) groups is 1. The molecule has 2 rings (SSSR count). The summed E-state index contributed by atoms with van der Waals surface area (Å²) in [7, 11) is 1.43. The second-order valence-electron chi connectivity index (χ2n) is 4.98. The molecule has 1 amide bonds. The third-order valence-corrected chi connectivity index (χ3v) is 5.16. The fourth-order valence-corrected chi connectivity index (χ4v) is 3.92. The van der Waals surface area contributed by atoms with Crippen LogP contribution in [0.25, 0.3) is 0 Å². The molecule has 5 heteroatoms. The Bertz CT molecular complexity index is 307. The lowest BCUT2D eigenvalue weighted by atomic mass is 9.96. The summed E-state index contributed by atoms with van der Waals surface area (Å²) in [6, 6.07) is 0. The van der Waals surface area contributed by atoms with Crippen LogP contribution < -0.4 is 0 Å². The summed E-state index contributed by atoms with van der Waals surface area (Å²) in [5.41, 5.74) is 0. The molecule has 0 spiro atoms. The van der Waals surface area contributed by atoms with Crippen molar-refractivity contribution < 1.29 is 14.3 Å². The second-order valence-corrected chi connectivity index (χ2v) is 6.29. The van der Waals surface area contributed by atoms with Crippen molar-refractivity contribution in [2.45, 2.75) is 37.4 Å². The molecule has 1 atom stereocenters. The zero-order valence-corrected chi connectivity index (χ0v) is 11.7. The molecule has 0 bridgehead atoms. The third-order valence-electron chi connectivity index (χ3n) is 3.80. The lowest BCUT2D eigenvalue weighted by Gasteiger charge is -2.34. The van der Waals surface area contributed by atoms with Gasteiger partial charge < -0.3 is 9.64 Å². The van der Waals surface area contributed by atoms with Gasteiger partial charge in [0.25, 0.3) is 0 Å². The molecular formula is C13H21NO3S. The van der Waals surface area contributed by atoms with Crippen molar-refractivity contribution in [3.63, 3.8) is 0 Å². The van der Waals surface area contributed by atoms with E-state index in [2.05, 4.69) is 0 Å². The van der Waals surface area contributed by atoms with Crippen LogP contribution in [0.2, 0.25) is 0 Å². The molecule has 102 valence electrons. The molecule has 0 saturated carbocycles. The smallest absolute Gasteiger partial charge is 0.308 e. The summed E-state index contributed by atoms with van der Waals surface area (Å²) in [4.78, 5) is 25.6. The quantitative estimate of drug-likeness (QED) is 0.717. The number of hydrogen-bond acceptors (Lipinski definition) is 4. The summed E-state index contributed by atoms with van der Waals surface area (Å²) < 4.78 is 4.76. The topological polar surface area (TPSA) is 46.6 Å². The normalized spacial score (nSPS) is 25.8. The van der Waals surface area contributed by atoms with E-state index in [1.54, 1.807) is 11.8 Å². The summed E-state index contributed by atoms with van der Waals surface area (Å²) in [5, 5.41) is 0.161. The van der Waals surface area contributed by atoms with Crippen molar-refractivity contribution in [2.75, 3.05) is 26.0 Å². The van der Waals surface area contributed by atoms with Crippen molar-refractivity contribution in [1.29, 1.82) is 0 Å². The van der Waals surface area contributed by atoms with E-state index in [0.717, 1.165) is 25.0 Å². The van der Waals surface area contributed by atoms with E-state index in [4.69, 9.17) is 4.74 Å². The first-order valence-corrected chi connectivity index (χ1v) is 7.75. The summed E-state index contributed by atoms with van der Waals surface area (Å²) in [6.07, 6.45) is 4.91. The van der Waals surface area contributed by atoms with Gasteiger partial charge in [0.1, 0.15) is 0 Å². The third kappa shape index (κ3) is 3.19. The number of ether oxygens (including phenoxy) is 1. The van der Waals surface area contributed by atoms with E-state index in [-0.39, 0.29) is 23.0 Å². The van der Waals surface area contributed by atoms with E-state index in [9.17, 15) is 9.59 Å². The monoisotopic (exact) mass is 271 g/mol. The first-order valence-electron chi connectivity index (χ1n) is 6.70. The minimum absolute atomic E-state index is 0.0157. The molecule has 4 nitrogen and oxygen atoms in total. The molecule has 0 aromatic heterocycles. The van der Waals surface area contributed by atoms with Gasteiger partial charge >= 0.3 is 5.97 Å². The van der Waals surface area contributed by atoms with Gasteiger partial charge in [-0.1, -0.05) is 6.42 Å². The molecule has 0 aromatic rings. The summed E-state index contributed by atoms with van der Waals surface area (Å²) in [6.45, 7) is 1.41. The van der Waals surface area contributed by atoms with E-state index < -0.39 is 0 Å². The maximum atomic E-state index is 12.3. The average molecular weight is 271 g/mol. The molecule has 2 aliphatic rings. The van der Waals surface area contributed by atoms with Crippen molar-refractivity contribution in [2.24, 2.45) is 5.92 Å². The molecule has 1 unspecified atom stereocenters. The van der Waals surface area contributed by atoms with Crippen LogP contribution in [0.5, 0.6) is 0 Å². The fraction of sp³-hybridized carbons (Fsp3) is 0.846. The number of amides is 1. The molecule has 2 aliphatic heterocycles. The van der Waals surface area contributed by atoms with Crippen molar-refractivity contribution >= 4 is 23.6 Å². The number of piperidine rings is 1. The lowest BCUT2D eigenvalue weighted by molar-refractivity contribution is -0.148. The van der Waals surface area contributed by atoms with E-state index in [1.807, 2.05) is 4.90 Å². The highest BCUT2D eigenvalue weighted by molar-refractivity contribution is 8.00. The van der Waals surface area contributed by atoms with E-state index in [1.165, 1.54) is 20.0 Å². The average Bonchev–Trinajstić information content (AvgIpc) is 2.47. The van der Waals surface area contributed by atoms with Gasteiger partial charge in [0, 0.05) is 13.1 Å². The molecule has 0 N–H and O–H groups in total. The van der Waals surface area contributed by atoms with Crippen LogP contribution in [0.3, 0.4) is 0 Å². The Morgan fingerprint density at radius 2 is 1.89 bits per heavy atom. The summed E-state index contributed by atoms with van der Waals surface area (Å²) >= 11 is 1.79. The second kappa shape index (κ2) is 6.45. The lowest BCUT2D eigenvalue weighted by Crippen LogP contribution is -2.44. The Hall–Kier alpha value is -0.710. The Morgan fingerprint density at radius 1 is 1.17 bits per heavy atom. The molecule has 18 heavy (non-hydrogen) atoms. The molecule has 0 aromatic carbocycles. The SMILES string of the molecule is COC(=O)C1CCN(C(=O)C2CCCCS2)CC1. The fourth-order valence-electron chi connectivity index (χ4n) is 2.64. The number of carbonyl (C=O) groups is 2. The number of carbonyl (C=O) groups excluding carboxylic acids is 2. The van der Waals surface area contributed by atoms with Crippen LogP contribution in [0, 0.1) is 5.92 Å². The van der Waals surface area contributed by atoms with Crippen molar-refractivity contribution in [3.05, 3.63) is 0 Å². The predicted octanol–water partition coefficient (Wildman–Crippen LogP) is 1.68. The number of likely N-dealkylation sites (tertiary alicyclic amines) is 1. The van der Waals surface area contributed by atoms with E-state index >= 15 is 0 Å². The van der Waals surface area contributed by atoms with Gasteiger partial charge in [-0.25, -0.2) is 0 Å². The molecule has 0 aliphatic carbocycles. The molecular weight excluding hydrogens is 250 g/mol. The highest BCUT2D eigenvalue weighted by Crippen LogP contribution is 2.28. The van der Waals surface area contributed by atoms with Crippen LogP contribution in [-0.2, 0) is 14.3 Å². The first kappa shape index (κ1) is 13.7. The van der Waals surface area contributed by atoms with Gasteiger partial charge in [-0.15, -0.1) is 11.8 Å². The maximum absolute atomic E-state index is 12.3.